The Labute approximate surface area is 223 Å². The molecule has 1 fully saturated rings. The topological polar surface area (TPSA) is 63.2 Å². The average Bonchev–Trinajstić information content (AvgIpc) is 3.56. The molecular weight excluding hydrogens is 487 g/mol. The molecule has 5 rings (SSSR count). The van der Waals surface area contributed by atoms with E-state index in [1.54, 1.807) is 7.11 Å². The number of halogens is 1. The minimum atomic E-state index is -0.852. The smallest absolute Gasteiger partial charge is 0.349 e. The van der Waals surface area contributed by atoms with Crippen LogP contribution in [0.3, 0.4) is 0 Å². The summed E-state index contributed by atoms with van der Waals surface area (Å²) in [5.41, 5.74) is 8.42. The Bertz CT molecular complexity index is 1230. The number of aryl methyl sites for hydroxylation is 3. The molecule has 0 bridgehead atoms. The second kappa shape index (κ2) is 12.9. The maximum Gasteiger partial charge on any atom is 0.349 e. The van der Waals surface area contributed by atoms with Gasteiger partial charge in [-0.1, -0.05) is 30.3 Å². The molecule has 2 aliphatic heterocycles. The van der Waals surface area contributed by atoms with Crippen molar-refractivity contribution in [1.29, 1.82) is 0 Å². The van der Waals surface area contributed by atoms with Crippen LogP contribution in [-0.4, -0.2) is 39.0 Å². The number of carbonyl (C=O) groups is 1. The zero-order valence-electron chi connectivity index (χ0n) is 22.4. The first-order valence-electron chi connectivity index (χ1n) is 12.9. The highest BCUT2D eigenvalue weighted by Crippen LogP contribution is 2.36. The van der Waals surface area contributed by atoms with E-state index in [9.17, 15) is 9.32 Å². The molecule has 6 nitrogen and oxygen atoms in total. The Morgan fingerprint density at radius 2 is 1.76 bits per heavy atom. The summed E-state index contributed by atoms with van der Waals surface area (Å²) in [6, 6.07) is 18.3. The van der Waals surface area contributed by atoms with Gasteiger partial charge in [0.1, 0.15) is 17.6 Å². The van der Waals surface area contributed by atoms with Crippen molar-refractivity contribution in [2.75, 3.05) is 26.9 Å². The van der Waals surface area contributed by atoms with E-state index in [4.69, 9.17) is 18.9 Å². The van der Waals surface area contributed by atoms with E-state index in [1.165, 1.54) is 33.4 Å². The Morgan fingerprint density at radius 3 is 2.45 bits per heavy atom. The highest BCUT2D eigenvalue weighted by atomic mass is 19.3. The zero-order valence-corrected chi connectivity index (χ0v) is 22.4. The van der Waals surface area contributed by atoms with Gasteiger partial charge in [0, 0.05) is 29.5 Å². The fourth-order valence-electron chi connectivity index (χ4n) is 5.01. The fraction of sp³-hybridized carbons (Fsp3) is 0.387. The van der Waals surface area contributed by atoms with Crippen molar-refractivity contribution in [1.82, 2.24) is 0 Å². The molecule has 2 unspecified atom stereocenters. The molecule has 0 spiro atoms. The van der Waals surface area contributed by atoms with Crippen LogP contribution in [-0.2, 0) is 25.8 Å². The van der Waals surface area contributed by atoms with Crippen LogP contribution in [0.2, 0.25) is 0 Å². The molecule has 0 radical (unpaired) electrons. The van der Waals surface area contributed by atoms with Crippen LogP contribution in [0.25, 0.3) is 11.1 Å². The second-order valence-corrected chi connectivity index (χ2v) is 9.81. The largest absolute Gasteiger partial charge is 0.493 e. The number of hydrogen-bond donors (Lipinski definition) is 0. The van der Waals surface area contributed by atoms with E-state index in [1.807, 2.05) is 24.3 Å². The van der Waals surface area contributed by atoms with E-state index >= 15 is 0 Å². The lowest BCUT2D eigenvalue weighted by atomic mass is 9.93. The SMILES string of the molecule is COCc1cc(-c2c(C)cc(OC3CCOC3)cc2C)ccc1C.O=C(CC1COc2ccccc21)OF. The summed E-state index contributed by atoms with van der Waals surface area (Å²) in [4.78, 5) is 13.9. The van der Waals surface area contributed by atoms with Crippen LogP contribution in [0, 0.1) is 20.8 Å². The first kappa shape index (κ1) is 27.6. The number of benzene rings is 3. The highest BCUT2D eigenvalue weighted by Gasteiger charge is 2.26. The second-order valence-electron chi connectivity index (χ2n) is 9.81. The Hall–Kier alpha value is -3.42. The molecule has 2 heterocycles. The van der Waals surface area contributed by atoms with Gasteiger partial charge in [0.05, 0.1) is 32.8 Å². The molecule has 0 amide bonds. The molecule has 0 saturated carbocycles. The van der Waals surface area contributed by atoms with Gasteiger partial charge in [-0.25, -0.2) is 4.79 Å². The normalized spacial score (nSPS) is 17.7. The predicted octanol–water partition coefficient (Wildman–Crippen LogP) is 6.57. The van der Waals surface area contributed by atoms with Crippen LogP contribution in [0.5, 0.6) is 11.5 Å². The minimum Gasteiger partial charge on any atom is -0.493 e. The standard InChI is InChI=1S/C21H26O3.C10H9FO3/c1-14-5-6-17(11-18(14)12-22-4)21-15(2)9-20(10-16(21)3)24-19-7-8-23-13-19;11-14-10(12)5-7-6-13-9-4-2-1-3-8(7)9/h5-6,9-11,19H,7-8,12-13H2,1-4H3;1-4,7H,5-6H2. The molecule has 202 valence electrons. The lowest BCUT2D eigenvalue weighted by Gasteiger charge is -2.17. The first-order valence-corrected chi connectivity index (χ1v) is 12.9. The van der Waals surface area contributed by atoms with Gasteiger partial charge in [-0.15, -0.1) is 0 Å². The molecule has 2 atom stereocenters. The molecule has 0 N–H and O–H groups in total. The van der Waals surface area contributed by atoms with Crippen LogP contribution in [0.1, 0.15) is 46.6 Å². The van der Waals surface area contributed by atoms with E-state index < -0.39 is 5.97 Å². The molecule has 1 saturated heterocycles. The van der Waals surface area contributed by atoms with Crippen molar-refractivity contribution < 1.29 is 33.2 Å². The molecule has 3 aromatic carbocycles. The monoisotopic (exact) mass is 522 g/mol. The van der Waals surface area contributed by atoms with Crippen molar-refractivity contribution in [2.24, 2.45) is 0 Å². The number of hydrogen-bond acceptors (Lipinski definition) is 6. The van der Waals surface area contributed by atoms with Crippen LogP contribution < -0.4 is 9.47 Å². The molecule has 3 aromatic rings. The molecule has 38 heavy (non-hydrogen) atoms. The zero-order chi connectivity index (χ0) is 27.1. The number of ether oxygens (including phenoxy) is 4. The summed E-state index contributed by atoms with van der Waals surface area (Å²) in [6.07, 6.45) is 1.17. The van der Waals surface area contributed by atoms with Crippen LogP contribution in [0.4, 0.5) is 4.53 Å². The maximum absolute atomic E-state index is 11.5. The van der Waals surface area contributed by atoms with E-state index in [2.05, 4.69) is 56.0 Å². The number of methoxy groups -OCH3 is 1. The van der Waals surface area contributed by atoms with Gasteiger partial charge in [0.2, 0.25) is 0 Å². The van der Waals surface area contributed by atoms with Gasteiger partial charge >= 0.3 is 5.97 Å². The minimum absolute atomic E-state index is 0.0213. The van der Waals surface area contributed by atoms with E-state index in [0.29, 0.717) is 19.8 Å². The first-order chi connectivity index (χ1) is 18.4. The predicted molar refractivity (Wildman–Crippen MR) is 143 cm³/mol. The number of rotatable bonds is 7. The molecule has 0 aliphatic carbocycles. The van der Waals surface area contributed by atoms with Crippen molar-refractivity contribution in [3.05, 3.63) is 82.4 Å². The molecule has 0 aromatic heterocycles. The van der Waals surface area contributed by atoms with Gasteiger partial charge in [-0.05, 0) is 78.4 Å². The van der Waals surface area contributed by atoms with Crippen molar-refractivity contribution in [3.8, 4) is 22.6 Å². The Balaban J connectivity index is 0.000000204. The third kappa shape index (κ3) is 6.71. The molecular formula is C31H35FO6. The van der Waals surface area contributed by atoms with E-state index in [-0.39, 0.29) is 18.4 Å². The summed E-state index contributed by atoms with van der Waals surface area (Å²) < 4.78 is 33.6. The number of para-hydroxylation sites is 1. The molecule has 7 heteroatoms. The fourth-order valence-corrected chi connectivity index (χ4v) is 5.01. The number of fused-ring (bicyclic) bond motifs is 1. The molecule has 2 aliphatic rings. The summed E-state index contributed by atoms with van der Waals surface area (Å²) >= 11 is 0. The third-order valence-corrected chi connectivity index (χ3v) is 6.93. The lowest BCUT2D eigenvalue weighted by Crippen LogP contribution is -2.15. The Kier molecular flexibility index (Phi) is 9.37. The summed E-state index contributed by atoms with van der Waals surface area (Å²) in [6.45, 7) is 8.96. The van der Waals surface area contributed by atoms with E-state index in [0.717, 1.165) is 30.1 Å². The van der Waals surface area contributed by atoms with Crippen LogP contribution >= 0.6 is 0 Å². The third-order valence-electron chi connectivity index (χ3n) is 6.93. The maximum atomic E-state index is 11.5. The Morgan fingerprint density at radius 1 is 1.00 bits per heavy atom. The van der Waals surface area contributed by atoms with Gasteiger partial charge in [0.25, 0.3) is 0 Å². The van der Waals surface area contributed by atoms with Crippen LogP contribution in [0.15, 0.2) is 54.6 Å². The lowest BCUT2D eigenvalue weighted by molar-refractivity contribution is -0.184. The highest BCUT2D eigenvalue weighted by molar-refractivity contribution is 5.73. The quantitative estimate of drug-likeness (QED) is 0.350. The summed E-state index contributed by atoms with van der Waals surface area (Å²) in [7, 11) is 1.74. The van der Waals surface area contributed by atoms with Gasteiger partial charge in [-0.3, -0.25) is 4.94 Å². The van der Waals surface area contributed by atoms with Gasteiger partial charge in [0.15, 0.2) is 0 Å². The van der Waals surface area contributed by atoms with Gasteiger partial charge in [-0.2, -0.15) is 0 Å². The van der Waals surface area contributed by atoms with Crippen molar-refractivity contribution in [2.45, 2.75) is 52.2 Å². The van der Waals surface area contributed by atoms with Crippen molar-refractivity contribution in [3.63, 3.8) is 0 Å². The van der Waals surface area contributed by atoms with Gasteiger partial charge < -0.3 is 18.9 Å². The average molecular weight is 523 g/mol. The number of carbonyl (C=O) groups excluding carboxylic acids is 1. The van der Waals surface area contributed by atoms with Crippen molar-refractivity contribution >= 4 is 5.97 Å². The summed E-state index contributed by atoms with van der Waals surface area (Å²) in [5.74, 6) is 0.766. The summed E-state index contributed by atoms with van der Waals surface area (Å²) in [5, 5.41) is 0.